The van der Waals surface area contributed by atoms with Gasteiger partial charge in [-0.2, -0.15) is 0 Å². The maximum atomic E-state index is 12.4. The Morgan fingerprint density at radius 2 is 1.70 bits per heavy atom. The Morgan fingerprint density at radius 3 is 2.43 bits per heavy atom. The molecular weight excluding hydrogens is 284 g/mol. The van der Waals surface area contributed by atoms with Gasteiger partial charge in [-0.15, -0.1) is 0 Å². The third-order valence-electron chi connectivity index (χ3n) is 4.63. The van der Waals surface area contributed by atoms with Crippen molar-refractivity contribution in [3.05, 3.63) is 54.6 Å². The van der Waals surface area contributed by atoms with Crippen LogP contribution in [0.2, 0.25) is 0 Å². The molecule has 0 heterocycles. The van der Waals surface area contributed by atoms with Crippen LogP contribution in [0.1, 0.15) is 25.7 Å². The van der Waals surface area contributed by atoms with Crippen LogP contribution in [-0.2, 0) is 4.79 Å². The first kappa shape index (κ1) is 15.8. The van der Waals surface area contributed by atoms with Gasteiger partial charge in [0.15, 0.2) is 0 Å². The van der Waals surface area contributed by atoms with Gasteiger partial charge in [-0.3, -0.25) is 9.69 Å². The Kier molecular flexibility index (Phi) is 5.09. The summed E-state index contributed by atoms with van der Waals surface area (Å²) in [5, 5.41) is 3.08. The van der Waals surface area contributed by atoms with Gasteiger partial charge in [0.2, 0.25) is 5.91 Å². The summed E-state index contributed by atoms with van der Waals surface area (Å²) in [6.45, 7) is 0.452. The fourth-order valence-corrected chi connectivity index (χ4v) is 3.35. The van der Waals surface area contributed by atoms with Crippen LogP contribution in [-0.4, -0.2) is 30.4 Å². The largest absolute Gasteiger partial charge is 0.324 e. The highest BCUT2D eigenvalue weighted by molar-refractivity contribution is 5.96. The lowest BCUT2D eigenvalue weighted by molar-refractivity contribution is -0.117. The Balaban J connectivity index is 1.69. The minimum absolute atomic E-state index is 0.0581. The van der Waals surface area contributed by atoms with Gasteiger partial charge in [0.25, 0.3) is 0 Å². The Bertz CT molecular complexity index is 648. The Morgan fingerprint density at radius 1 is 1.04 bits per heavy atom. The number of likely N-dealkylation sites (N-methyl/N-ethyl adjacent to an activating group) is 1. The standard InChI is InChI=1S/C20H24N2O/c1-22(17-11-5-6-12-17)15-20(23)21-19-14-8-7-13-18(19)16-9-3-2-4-10-16/h2-4,7-10,13-14,17H,5-6,11-12,15H2,1H3,(H,21,23). The highest BCUT2D eigenvalue weighted by Crippen LogP contribution is 2.27. The normalized spacial score (nSPS) is 15.0. The molecule has 23 heavy (non-hydrogen) atoms. The van der Waals surface area contributed by atoms with E-state index in [2.05, 4.69) is 29.4 Å². The predicted molar refractivity (Wildman–Crippen MR) is 95.4 cm³/mol. The summed E-state index contributed by atoms with van der Waals surface area (Å²) >= 11 is 0. The van der Waals surface area contributed by atoms with E-state index < -0.39 is 0 Å². The van der Waals surface area contributed by atoms with Crippen molar-refractivity contribution in [2.45, 2.75) is 31.7 Å². The van der Waals surface area contributed by atoms with Crippen LogP contribution in [0.25, 0.3) is 11.1 Å². The van der Waals surface area contributed by atoms with Gasteiger partial charge in [0.1, 0.15) is 0 Å². The molecule has 1 N–H and O–H groups in total. The molecule has 3 heteroatoms. The summed E-state index contributed by atoms with van der Waals surface area (Å²) in [5.74, 6) is 0.0581. The number of carbonyl (C=O) groups is 1. The SMILES string of the molecule is CN(CC(=O)Nc1ccccc1-c1ccccc1)C1CCCC1. The van der Waals surface area contributed by atoms with Crippen LogP contribution in [0.4, 0.5) is 5.69 Å². The molecule has 1 fully saturated rings. The van der Waals surface area contributed by atoms with Crippen molar-refractivity contribution in [1.29, 1.82) is 0 Å². The first-order valence-corrected chi connectivity index (χ1v) is 8.38. The summed E-state index contributed by atoms with van der Waals surface area (Å²) in [5.41, 5.74) is 3.06. The molecule has 2 aromatic carbocycles. The average molecular weight is 308 g/mol. The number of rotatable bonds is 5. The molecule has 120 valence electrons. The predicted octanol–water partition coefficient (Wildman–Crippen LogP) is 4.17. The zero-order valence-electron chi connectivity index (χ0n) is 13.7. The number of hydrogen-bond acceptors (Lipinski definition) is 2. The second-order valence-corrected chi connectivity index (χ2v) is 6.31. The van der Waals surface area contributed by atoms with E-state index in [0.717, 1.165) is 16.8 Å². The molecule has 1 aliphatic carbocycles. The lowest BCUT2D eigenvalue weighted by atomic mass is 10.0. The molecule has 0 atom stereocenters. The quantitative estimate of drug-likeness (QED) is 0.899. The highest BCUT2D eigenvalue weighted by atomic mass is 16.2. The van der Waals surface area contributed by atoms with Gasteiger partial charge in [-0.25, -0.2) is 0 Å². The van der Waals surface area contributed by atoms with Gasteiger partial charge in [0, 0.05) is 17.3 Å². The maximum Gasteiger partial charge on any atom is 0.238 e. The van der Waals surface area contributed by atoms with Gasteiger partial charge in [-0.05, 0) is 31.5 Å². The van der Waals surface area contributed by atoms with Gasteiger partial charge >= 0.3 is 0 Å². The van der Waals surface area contributed by atoms with Gasteiger partial charge in [0.05, 0.1) is 6.54 Å². The molecule has 0 aromatic heterocycles. The summed E-state index contributed by atoms with van der Waals surface area (Å²) in [6.07, 6.45) is 5.00. The zero-order chi connectivity index (χ0) is 16.1. The number of nitrogens with zero attached hydrogens (tertiary/aromatic N) is 1. The van der Waals surface area contributed by atoms with E-state index in [4.69, 9.17) is 0 Å². The first-order valence-electron chi connectivity index (χ1n) is 8.38. The van der Waals surface area contributed by atoms with E-state index in [1.54, 1.807) is 0 Å². The van der Waals surface area contributed by atoms with Crippen LogP contribution < -0.4 is 5.32 Å². The molecule has 0 unspecified atom stereocenters. The number of carbonyl (C=O) groups excluding carboxylic acids is 1. The minimum Gasteiger partial charge on any atom is -0.324 e. The molecule has 3 nitrogen and oxygen atoms in total. The summed E-state index contributed by atoms with van der Waals surface area (Å²) in [7, 11) is 2.05. The number of benzene rings is 2. The van der Waals surface area contributed by atoms with E-state index >= 15 is 0 Å². The van der Waals surface area contributed by atoms with Crippen LogP contribution >= 0.6 is 0 Å². The van der Waals surface area contributed by atoms with Crippen molar-refractivity contribution >= 4 is 11.6 Å². The lowest BCUT2D eigenvalue weighted by Crippen LogP contribution is -2.36. The van der Waals surface area contributed by atoms with Gasteiger partial charge in [-0.1, -0.05) is 61.4 Å². The minimum atomic E-state index is 0.0581. The van der Waals surface area contributed by atoms with E-state index in [-0.39, 0.29) is 5.91 Å². The van der Waals surface area contributed by atoms with Crippen LogP contribution in [0.3, 0.4) is 0 Å². The van der Waals surface area contributed by atoms with Crippen molar-refractivity contribution in [2.75, 3.05) is 18.9 Å². The van der Waals surface area contributed by atoms with E-state index in [1.165, 1.54) is 25.7 Å². The second kappa shape index (κ2) is 7.42. The number of anilines is 1. The Hall–Kier alpha value is -2.13. The van der Waals surface area contributed by atoms with Crippen molar-refractivity contribution < 1.29 is 4.79 Å². The number of amides is 1. The van der Waals surface area contributed by atoms with Crippen molar-refractivity contribution in [3.8, 4) is 11.1 Å². The van der Waals surface area contributed by atoms with Crippen molar-refractivity contribution in [2.24, 2.45) is 0 Å². The monoisotopic (exact) mass is 308 g/mol. The van der Waals surface area contributed by atoms with Crippen LogP contribution in [0.15, 0.2) is 54.6 Å². The molecule has 3 rings (SSSR count). The number of para-hydroxylation sites is 1. The third-order valence-corrected chi connectivity index (χ3v) is 4.63. The second-order valence-electron chi connectivity index (χ2n) is 6.31. The van der Waals surface area contributed by atoms with E-state index in [9.17, 15) is 4.79 Å². The first-order chi connectivity index (χ1) is 11.2. The third kappa shape index (κ3) is 3.99. The smallest absolute Gasteiger partial charge is 0.238 e. The highest BCUT2D eigenvalue weighted by Gasteiger charge is 2.21. The van der Waals surface area contributed by atoms with Crippen LogP contribution in [0, 0.1) is 0 Å². The topological polar surface area (TPSA) is 32.3 Å². The molecule has 2 aromatic rings. The Labute approximate surface area is 138 Å². The molecule has 1 saturated carbocycles. The van der Waals surface area contributed by atoms with Crippen LogP contribution in [0.5, 0.6) is 0 Å². The van der Waals surface area contributed by atoms with Crippen molar-refractivity contribution in [3.63, 3.8) is 0 Å². The molecule has 0 radical (unpaired) electrons. The van der Waals surface area contributed by atoms with Crippen molar-refractivity contribution in [1.82, 2.24) is 4.90 Å². The fourth-order valence-electron chi connectivity index (χ4n) is 3.35. The molecule has 0 saturated heterocycles. The fraction of sp³-hybridized carbons (Fsp3) is 0.350. The molecule has 0 spiro atoms. The molecular formula is C20H24N2O. The lowest BCUT2D eigenvalue weighted by Gasteiger charge is -2.23. The van der Waals surface area contributed by atoms with E-state index in [1.807, 2.05) is 42.5 Å². The molecule has 0 bridgehead atoms. The zero-order valence-corrected chi connectivity index (χ0v) is 13.7. The number of nitrogens with one attached hydrogen (secondary N) is 1. The molecule has 1 aliphatic rings. The van der Waals surface area contributed by atoms with E-state index in [0.29, 0.717) is 12.6 Å². The summed E-state index contributed by atoms with van der Waals surface area (Å²) < 4.78 is 0. The summed E-state index contributed by atoms with van der Waals surface area (Å²) in [4.78, 5) is 14.6. The maximum absolute atomic E-state index is 12.4. The summed E-state index contributed by atoms with van der Waals surface area (Å²) in [6, 6.07) is 18.7. The average Bonchev–Trinajstić information content (AvgIpc) is 3.11. The molecule has 0 aliphatic heterocycles. The number of hydrogen-bond donors (Lipinski definition) is 1. The molecule has 1 amide bonds. The van der Waals surface area contributed by atoms with Gasteiger partial charge < -0.3 is 5.32 Å².